The minimum atomic E-state index is -0.164. The van der Waals surface area contributed by atoms with Crippen molar-refractivity contribution in [2.45, 2.75) is 20.8 Å². The molecule has 2 rings (SSSR count). The number of para-hydroxylation sites is 1. The van der Waals surface area contributed by atoms with E-state index in [4.69, 9.17) is 0 Å². The summed E-state index contributed by atoms with van der Waals surface area (Å²) in [5.74, 6) is 0.455. The molecule has 0 spiro atoms. The Kier molecular flexibility index (Phi) is 8.50. The monoisotopic (exact) mass is 399 g/mol. The van der Waals surface area contributed by atoms with Crippen LogP contribution in [0.15, 0.2) is 70.8 Å². The number of aliphatic imine (C=N–C) groups is 1. The number of rotatable bonds is 6. The van der Waals surface area contributed by atoms with Gasteiger partial charge in [-0.1, -0.05) is 33.1 Å². The number of benzene rings is 1. The number of aromatic nitrogens is 2. The minimum absolute atomic E-state index is 0.164. The van der Waals surface area contributed by atoms with Gasteiger partial charge >= 0.3 is 0 Å². The van der Waals surface area contributed by atoms with Gasteiger partial charge in [-0.2, -0.15) is 0 Å². The lowest BCUT2D eigenvalue weighted by molar-refractivity contribution is -0.110. The highest BCUT2D eigenvalue weighted by atomic mass is 79.9. The molecule has 1 N–H and O–H groups in total. The number of carbonyl (C=O) groups excluding carboxylic acids is 1. The molecule has 5 heteroatoms. The molecule has 2 aromatic rings. The van der Waals surface area contributed by atoms with Gasteiger partial charge in [0.2, 0.25) is 0 Å². The number of H-pyrrole nitrogens is 1. The Balaban J connectivity index is 0.00000151. The summed E-state index contributed by atoms with van der Waals surface area (Å²) >= 11 is 3.45. The maximum Gasteiger partial charge on any atom is 0.178 e. The molecule has 0 saturated heterocycles. The number of carbonyl (C=O) groups is 1. The van der Waals surface area contributed by atoms with Crippen molar-refractivity contribution in [2.24, 2.45) is 4.99 Å². The van der Waals surface area contributed by atoms with Gasteiger partial charge in [-0.3, -0.25) is 9.79 Å². The van der Waals surface area contributed by atoms with Crippen LogP contribution < -0.4 is 0 Å². The number of fused-ring (bicyclic) bond motifs is 1. The summed E-state index contributed by atoms with van der Waals surface area (Å²) in [7, 11) is 0. The van der Waals surface area contributed by atoms with E-state index in [1.807, 2.05) is 39.0 Å². The zero-order chi connectivity index (χ0) is 18.8. The fourth-order valence-corrected chi connectivity index (χ4v) is 2.32. The Morgan fingerprint density at radius 1 is 1.28 bits per heavy atom. The third-order valence-electron chi connectivity index (χ3n) is 2.96. The van der Waals surface area contributed by atoms with Crippen LogP contribution in [0.4, 0.5) is 0 Å². The van der Waals surface area contributed by atoms with Gasteiger partial charge in [0, 0.05) is 10.7 Å². The van der Waals surface area contributed by atoms with Gasteiger partial charge in [0.15, 0.2) is 5.78 Å². The van der Waals surface area contributed by atoms with Gasteiger partial charge in [-0.15, -0.1) is 0 Å². The maximum atomic E-state index is 11.9. The van der Waals surface area contributed by atoms with Gasteiger partial charge in [-0.25, -0.2) is 4.98 Å². The fraction of sp³-hybridized carbons (Fsp3) is 0.150. The number of imidazole rings is 1. The van der Waals surface area contributed by atoms with Crippen LogP contribution in [-0.4, -0.2) is 21.5 Å². The van der Waals surface area contributed by atoms with Gasteiger partial charge in [0.1, 0.15) is 11.3 Å². The van der Waals surface area contributed by atoms with Crippen molar-refractivity contribution < 1.29 is 4.79 Å². The Bertz CT molecular complexity index is 857. The standard InChI is InChI=1S/C18H16BrN3O.C2H6/c1-4-20-15(12(2)3)10-8-13(23)9-11-17-21-16-7-5-6-14(19)18(16)22-17;1-2/h4-11H,1-2H2,3H3,(H,21,22);1-2H3/b10-8+,11-9+,20-15?;. The van der Waals surface area contributed by atoms with Crippen molar-refractivity contribution in [1.29, 1.82) is 0 Å². The van der Waals surface area contributed by atoms with Crippen molar-refractivity contribution in [3.05, 3.63) is 71.7 Å². The van der Waals surface area contributed by atoms with Crippen LogP contribution in [0.2, 0.25) is 0 Å². The van der Waals surface area contributed by atoms with Crippen molar-refractivity contribution >= 4 is 44.5 Å². The van der Waals surface area contributed by atoms with Gasteiger partial charge in [-0.05, 0) is 64.9 Å². The molecule has 1 heterocycles. The lowest BCUT2D eigenvalue weighted by atomic mass is 10.2. The number of aromatic amines is 1. The summed E-state index contributed by atoms with van der Waals surface area (Å²) in [4.78, 5) is 23.5. The van der Waals surface area contributed by atoms with E-state index < -0.39 is 0 Å². The molecule has 0 fully saturated rings. The third-order valence-corrected chi connectivity index (χ3v) is 3.60. The molecule has 0 bridgehead atoms. The first kappa shape index (κ1) is 20.5. The van der Waals surface area contributed by atoms with Crippen LogP contribution in [0.3, 0.4) is 0 Å². The van der Waals surface area contributed by atoms with Crippen LogP contribution in [0.5, 0.6) is 0 Å². The topological polar surface area (TPSA) is 58.1 Å². The van der Waals surface area contributed by atoms with Crippen molar-refractivity contribution in [2.75, 3.05) is 0 Å². The van der Waals surface area contributed by atoms with Crippen molar-refractivity contribution in [1.82, 2.24) is 9.97 Å². The Morgan fingerprint density at radius 2 is 2.00 bits per heavy atom. The number of hydrogen-bond donors (Lipinski definition) is 1. The molecule has 130 valence electrons. The Hall–Kier alpha value is -2.53. The van der Waals surface area contributed by atoms with E-state index in [1.54, 1.807) is 12.2 Å². The quantitative estimate of drug-likeness (QED) is 0.503. The van der Waals surface area contributed by atoms with Gasteiger partial charge in [0.25, 0.3) is 0 Å². The van der Waals surface area contributed by atoms with E-state index in [1.165, 1.54) is 18.4 Å². The molecular weight excluding hydrogens is 378 g/mol. The normalized spacial score (nSPS) is 11.6. The molecule has 1 aromatic carbocycles. The van der Waals surface area contributed by atoms with Crippen LogP contribution >= 0.6 is 15.9 Å². The molecule has 0 unspecified atom stereocenters. The van der Waals surface area contributed by atoms with E-state index >= 15 is 0 Å². The highest BCUT2D eigenvalue weighted by Crippen LogP contribution is 2.21. The van der Waals surface area contributed by atoms with E-state index in [2.05, 4.69) is 44.0 Å². The lowest BCUT2D eigenvalue weighted by Crippen LogP contribution is -1.95. The molecule has 0 amide bonds. The number of ketones is 1. The lowest BCUT2D eigenvalue weighted by Gasteiger charge is -1.95. The molecule has 0 atom stereocenters. The van der Waals surface area contributed by atoms with Crippen LogP contribution in [0, 0.1) is 0 Å². The molecule has 4 nitrogen and oxygen atoms in total. The number of halogens is 1. The zero-order valence-corrected chi connectivity index (χ0v) is 16.3. The van der Waals surface area contributed by atoms with Crippen LogP contribution in [-0.2, 0) is 4.79 Å². The van der Waals surface area contributed by atoms with Crippen LogP contribution in [0.25, 0.3) is 17.1 Å². The first-order valence-corrected chi connectivity index (χ1v) is 8.69. The number of nitrogens with one attached hydrogen (secondary N) is 1. The molecule has 1 aromatic heterocycles. The molecule has 0 aliphatic carbocycles. The predicted octanol–water partition coefficient (Wildman–Crippen LogP) is 5.65. The van der Waals surface area contributed by atoms with E-state index in [0.717, 1.165) is 21.1 Å². The molecule has 0 aliphatic rings. The van der Waals surface area contributed by atoms with Crippen molar-refractivity contribution in [3.63, 3.8) is 0 Å². The predicted molar refractivity (Wildman–Crippen MR) is 111 cm³/mol. The average molecular weight is 400 g/mol. The van der Waals surface area contributed by atoms with Gasteiger partial charge < -0.3 is 4.98 Å². The van der Waals surface area contributed by atoms with Crippen molar-refractivity contribution in [3.8, 4) is 0 Å². The van der Waals surface area contributed by atoms with E-state index in [-0.39, 0.29) is 5.78 Å². The maximum absolute atomic E-state index is 11.9. The molecule has 0 radical (unpaired) electrons. The number of allylic oxidation sites excluding steroid dienone is 4. The second-order valence-electron chi connectivity index (χ2n) is 4.80. The minimum Gasteiger partial charge on any atom is -0.338 e. The van der Waals surface area contributed by atoms with E-state index in [0.29, 0.717) is 11.5 Å². The second-order valence-corrected chi connectivity index (χ2v) is 5.66. The molecule has 25 heavy (non-hydrogen) atoms. The highest BCUT2D eigenvalue weighted by Gasteiger charge is 2.03. The summed E-state index contributed by atoms with van der Waals surface area (Å²) in [6.45, 7) is 13.2. The summed E-state index contributed by atoms with van der Waals surface area (Å²) in [6.07, 6.45) is 7.56. The smallest absolute Gasteiger partial charge is 0.178 e. The summed E-state index contributed by atoms with van der Waals surface area (Å²) in [5.41, 5.74) is 3.12. The molecule has 0 saturated carbocycles. The molecular formula is C20H22BrN3O. The van der Waals surface area contributed by atoms with E-state index in [9.17, 15) is 4.79 Å². The summed E-state index contributed by atoms with van der Waals surface area (Å²) in [6, 6.07) is 5.77. The zero-order valence-electron chi connectivity index (χ0n) is 14.7. The Morgan fingerprint density at radius 3 is 2.60 bits per heavy atom. The molecule has 0 aliphatic heterocycles. The third kappa shape index (κ3) is 6.12. The fourth-order valence-electron chi connectivity index (χ4n) is 1.87. The highest BCUT2D eigenvalue weighted by molar-refractivity contribution is 9.10. The number of hydrogen-bond acceptors (Lipinski definition) is 3. The van der Waals surface area contributed by atoms with Gasteiger partial charge in [0.05, 0.1) is 11.2 Å². The SMILES string of the molecule is C=CN=C(/C=C/C(=O)/C=C/c1nc2c(Br)cccc2[nH]1)C(=C)C.CC. The largest absolute Gasteiger partial charge is 0.338 e. The average Bonchev–Trinajstić information content (AvgIpc) is 3.03. The first-order chi connectivity index (χ1) is 12.0. The summed E-state index contributed by atoms with van der Waals surface area (Å²) < 4.78 is 0.906. The second kappa shape index (κ2) is 10.4. The summed E-state index contributed by atoms with van der Waals surface area (Å²) in [5, 5.41) is 0. The van der Waals surface area contributed by atoms with Crippen LogP contribution in [0.1, 0.15) is 26.6 Å². The first-order valence-electron chi connectivity index (χ1n) is 7.90. The number of nitrogens with zero attached hydrogens (tertiary/aromatic N) is 2. The Labute approximate surface area is 156 Å².